The molecule has 200 valence electrons. The molecule has 2 aromatic heterocycles. The highest BCUT2D eigenvalue weighted by Crippen LogP contribution is 2.36. The molecule has 38 heavy (non-hydrogen) atoms. The van der Waals surface area contributed by atoms with Gasteiger partial charge in [0.15, 0.2) is 5.54 Å². The third-order valence-electron chi connectivity index (χ3n) is 7.24. The number of piperidine rings is 1. The number of nitrogens with zero attached hydrogens (tertiary/aromatic N) is 6. The van der Waals surface area contributed by atoms with Crippen LogP contribution in [0.4, 0.5) is 21.7 Å². The quantitative estimate of drug-likeness (QED) is 0.356. The Labute approximate surface area is 220 Å². The monoisotopic (exact) mass is 521 g/mol. The van der Waals surface area contributed by atoms with E-state index in [1.54, 1.807) is 17.7 Å². The second-order valence-corrected chi connectivity index (χ2v) is 10.1. The van der Waals surface area contributed by atoms with Gasteiger partial charge in [-0.05, 0) is 44.0 Å². The Bertz CT molecular complexity index is 1360. The first-order valence-corrected chi connectivity index (χ1v) is 12.7. The van der Waals surface area contributed by atoms with Gasteiger partial charge in [-0.2, -0.15) is 15.4 Å². The summed E-state index contributed by atoms with van der Waals surface area (Å²) in [5.41, 5.74) is 10.6. The van der Waals surface area contributed by atoms with E-state index in [9.17, 15) is 5.26 Å². The van der Waals surface area contributed by atoms with Gasteiger partial charge in [-0.1, -0.05) is 6.07 Å². The number of nitrogens with one attached hydrogen (secondary N) is 3. The fourth-order valence-electron chi connectivity index (χ4n) is 5.08. The van der Waals surface area contributed by atoms with E-state index in [1.165, 1.54) is 0 Å². The zero-order chi connectivity index (χ0) is 26.9. The van der Waals surface area contributed by atoms with Crippen molar-refractivity contribution in [1.82, 2.24) is 19.5 Å². The van der Waals surface area contributed by atoms with Crippen LogP contribution < -0.4 is 15.4 Å². The molecule has 5 rings (SSSR count). The van der Waals surface area contributed by atoms with Crippen molar-refractivity contribution >= 4 is 22.8 Å². The minimum atomic E-state index is -1.07. The van der Waals surface area contributed by atoms with Crippen molar-refractivity contribution in [2.45, 2.75) is 38.0 Å². The summed E-state index contributed by atoms with van der Waals surface area (Å²) in [5, 5.41) is 24.3. The molecule has 0 spiro atoms. The molecule has 0 radical (unpaired) electrons. The number of benzene rings is 1. The van der Waals surface area contributed by atoms with E-state index >= 15 is 4.39 Å². The van der Waals surface area contributed by atoms with Gasteiger partial charge >= 0.3 is 0 Å². The summed E-state index contributed by atoms with van der Waals surface area (Å²) in [6.45, 7) is 5.97. The predicted octanol–water partition coefficient (Wildman–Crippen LogP) is 4.25. The maximum absolute atomic E-state index is 15.1. The largest absolute Gasteiger partial charge is 0.479 e. The molecular weight excluding hydrogens is 489 g/mol. The number of anilines is 2. The van der Waals surface area contributed by atoms with Crippen LogP contribution in [0.5, 0.6) is 5.88 Å². The molecule has 3 aromatic rings. The average molecular weight is 522 g/mol. The molecule has 3 N–H and O–H groups in total. The number of likely N-dealkylation sites (tertiary alicyclic amines) is 1. The number of aromatic nitrogens is 3. The molecule has 1 aromatic carbocycles. The van der Waals surface area contributed by atoms with Crippen LogP contribution in [0, 0.1) is 22.8 Å². The number of alkyl halides is 1. The van der Waals surface area contributed by atoms with Crippen LogP contribution in [0.15, 0.2) is 35.6 Å². The first-order chi connectivity index (χ1) is 18.4. The molecule has 0 bridgehead atoms. The van der Waals surface area contributed by atoms with E-state index in [2.05, 4.69) is 31.9 Å². The number of rotatable bonds is 9. The number of hydrogen-bond acceptors (Lipinski definition) is 10. The molecule has 2 fully saturated rings. The third-order valence-corrected chi connectivity index (χ3v) is 7.24. The third kappa shape index (κ3) is 4.75. The fourth-order valence-corrected chi connectivity index (χ4v) is 5.08. The second kappa shape index (κ2) is 10.5. The summed E-state index contributed by atoms with van der Waals surface area (Å²) >= 11 is 0. The van der Waals surface area contributed by atoms with Gasteiger partial charge in [0, 0.05) is 43.4 Å². The topological polar surface area (TPSA) is 136 Å². The summed E-state index contributed by atoms with van der Waals surface area (Å²) in [6, 6.07) is 10.1. The van der Waals surface area contributed by atoms with Gasteiger partial charge in [-0.3, -0.25) is 4.90 Å². The van der Waals surface area contributed by atoms with Crippen molar-refractivity contribution in [3.63, 3.8) is 0 Å². The molecule has 4 heterocycles. The van der Waals surface area contributed by atoms with Crippen molar-refractivity contribution in [1.29, 1.82) is 10.8 Å². The molecule has 0 aliphatic carbocycles. The Kier molecular flexibility index (Phi) is 7.14. The van der Waals surface area contributed by atoms with Gasteiger partial charge in [0.25, 0.3) is 0 Å². The molecular formula is C26H32FN9O2. The first-order valence-electron chi connectivity index (χ1n) is 12.7. The number of hydrogen-bond donors (Lipinski definition) is 3. The summed E-state index contributed by atoms with van der Waals surface area (Å²) in [7, 11) is 1.55. The van der Waals surface area contributed by atoms with Crippen molar-refractivity contribution in [2.24, 2.45) is 11.0 Å². The highest BCUT2D eigenvalue weighted by atomic mass is 19.1. The molecule has 2 aliphatic heterocycles. The maximum Gasteiger partial charge on any atom is 0.244 e. The molecule has 2 saturated heterocycles. The molecule has 2 aliphatic rings. The number of halogens is 1. The Morgan fingerprint density at radius 2 is 2.18 bits per heavy atom. The van der Waals surface area contributed by atoms with Gasteiger partial charge in [-0.15, -0.1) is 5.10 Å². The van der Waals surface area contributed by atoms with Crippen molar-refractivity contribution in [3.8, 4) is 23.1 Å². The Morgan fingerprint density at radius 1 is 1.37 bits per heavy atom. The highest BCUT2D eigenvalue weighted by Gasteiger charge is 2.47. The van der Waals surface area contributed by atoms with Gasteiger partial charge in [0.05, 0.1) is 32.1 Å². The van der Waals surface area contributed by atoms with Crippen LogP contribution in [0.3, 0.4) is 0 Å². The maximum atomic E-state index is 15.1. The Hall–Kier alpha value is -3.82. The summed E-state index contributed by atoms with van der Waals surface area (Å²) in [4.78, 5) is 6.47. The van der Waals surface area contributed by atoms with Crippen LogP contribution in [0.2, 0.25) is 0 Å². The van der Waals surface area contributed by atoms with Gasteiger partial charge in [0.1, 0.15) is 17.4 Å². The lowest BCUT2D eigenvalue weighted by atomic mass is 9.88. The molecule has 0 amide bonds. The number of fused-ring (bicyclic) bond motifs is 1. The second-order valence-electron chi connectivity index (χ2n) is 10.1. The van der Waals surface area contributed by atoms with Crippen LogP contribution in [-0.4, -0.2) is 77.2 Å². The van der Waals surface area contributed by atoms with Gasteiger partial charge in [-0.25, -0.2) is 14.4 Å². The number of methoxy groups -OCH3 is 1. The lowest BCUT2D eigenvalue weighted by Gasteiger charge is -2.48. The highest BCUT2D eigenvalue weighted by molar-refractivity contribution is 5.87. The number of nitriles is 1. The molecule has 11 nitrogen and oxygen atoms in total. The molecule has 12 heteroatoms. The Morgan fingerprint density at radius 3 is 2.82 bits per heavy atom. The van der Waals surface area contributed by atoms with E-state index in [0.29, 0.717) is 55.8 Å². The van der Waals surface area contributed by atoms with Crippen LogP contribution >= 0.6 is 0 Å². The van der Waals surface area contributed by atoms with E-state index < -0.39 is 11.7 Å². The molecule has 0 unspecified atom stereocenters. The van der Waals surface area contributed by atoms with E-state index in [1.807, 2.05) is 43.1 Å². The average Bonchev–Trinajstić information content (AvgIpc) is 3.31. The van der Waals surface area contributed by atoms with Gasteiger partial charge in [0.2, 0.25) is 11.8 Å². The zero-order valence-corrected chi connectivity index (χ0v) is 21.7. The van der Waals surface area contributed by atoms with Crippen molar-refractivity contribution < 1.29 is 13.9 Å². The fraction of sp³-hybridized carbons (Fsp3) is 0.500. The standard InChI is InChI=1S/C26H32FN9O2/c1-16(2)31-22-10-17(4-5-21(22)33-29)19-7-9-36-23(19)24(37-3)32-25(34-36)30-11-18-6-8-35(12-20(18)27)26(13-28)14-38-15-26/h4-5,7,9-10,16,18,20,29,31H,6,8,11-12,14-15H2,1-3H3,(H,30,34)/t18-,20-/m1/s1. The summed E-state index contributed by atoms with van der Waals surface area (Å²) in [6.07, 6.45) is 1.38. The Balaban J connectivity index is 1.33. The van der Waals surface area contributed by atoms with Crippen LogP contribution in [0.1, 0.15) is 20.3 Å². The number of ether oxygens (including phenoxy) is 2. The summed E-state index contributed by atoms with van der Waals surface area (Å²) < 4.78 is 27.6. The SMILES string of the molecule is COc1nc(NC[C@H]2CCN(C3(C#N)COC3)C[C@H]2F)nn2ccc(-c3ccc(N=N)c(NC(C)C)c3)c12. The smallest absolute Gasteiger partial charge is 0.244 e. The van der Waals surface area contributed by atoms with Crippen LogP contribution in [0.25, 0.3) is 16.6 Å². The van der Waals surface area contributed by atoms with Crippen LogP contribution in [-0.2, 0) is 4.74 Å². The minimum Gasteiger partial charge on any atom is -0.479 e. The normalized spacial score (nSPS) is 21.1. The summed E-state index contributed by atoms with van der Waals surface area (Å²) in [5.74, 6) is 0.515. The van der Waals surface area contributed by atoms with E-state index in [-0.39, 0.29) is 18.5 Å². The van der Waals surface area contributed by atoms with Crippen molar-refractivity contribution in [2.75, 3.05) is 50.6 Å². The molecule has 2 atom stereocenters. The zero-order valence-electron chi connectivity index (χ0n) is 21.7. The van der Waals surface area contributed by atoms with E-state index in [4.69, 9.17) is 15.0 Å². The lowest BCUT2D eigenvalue weighted by molar-refractivity contribution is -0.125. The predicted molar refractivity (Wildman–Crippen MR) is 141 cm³/mol. The minimum absolute atomic E-state index is 0.180. The van der Waals surface area contributed by atoms with Gasteiger partial charge < -0.3 is 20.1 Å². The molecule has 0 saturated carbocycles. The van der Waals surface area contributed by atoms with Crippen molar-refractivity contribution in [3.05, 3.63) is 30.5 Å². The van der Waals surface area contributed by atoms with E-state index in [0.717, 1.165) is 16.8 Å². The lowest BCUT2D eigenvalue weighted by Crippen LogP contribution is -2.64. The first kappa shape index (κ1) is 25.8.